The standard InChI is InChI=1S/C30H27NO5/c1-34-26-14-11-20(15-27(26)36-21-9-5-6-10-21)25(17-31)28-29(32)23-13-12-22(16-24(23)30(28)33)35-18-19-7-3-2-4-8-19/h2-4,7-8,11-16,21,25,28H,5-6,9-10,18H2,1H3. The van der Waals surface area contributed by atoms with Gasteiger partial charge in [0.1, 0.15) is 18.3 Å². The zero-order valence-corrected chi connectivity index (χ0v) is 20.1. The second-order valence-electron chi connectivity index (χ2n) is 9.23. The highest BCUT2D eigenvalue weighted by molar-refractivity contribution is 6.27. The highest BCUT2D eigenvalue weighted by Gasteiger charge is 2.44. The minimum absolute atomic E-state index is 0.1000. The Bertz CT molecular complexity index is 1320. The van der Waals surface area contributed by atoms with Crippen molar-refractivity contribution in [2.24, 2.45) is 5.92 Å². The summed E-state index contributed by atoms with van der Waals surface area (Å²) in [4.78, 5) is 26.7. The molecule has 36 heavy (non-hydrogen) atoms. The van der Waals surface area contributed by atoms with Crippen LogP contribution in [0.3, 0.4) is 0 Å². The fourth-order valence-corrected chi connectivity index (χ4v) is 5.04. The van der Waals surface area contributed by atoms with Gasteiger partial charge in [-0.05, 0) is 67.1 Å². The number of ketones is 2. The number of nitrogens with zero attached hydrogens (tertiary/aromatic N) is 1. The van der Waals surface area contributed by atoms with E-state index >= 15 is 0 Å². The van der Waals surface area contributed by atoms with Gasteiger partial charge in [0.25, 0.3) is 0 Å². The SMILES string of the molecule is COc1ccc(C(C#N)C2C(=O)c3ccc(OCc4ccccc4)cc3C2=O)cc1OC1CCCC1. The zero-order valence-electron chi connectivity index (χ0n) is 20.1. The number of fused-ring (bicyclic) bond motifs is 1. The fraction of sp³-hybridized carbons (Fsp3) is 0.300. The van der Waals surface area contributed by atoms with E-state index in [0.29, 0.717) is 40.5 Å². The summed E-state index contributed by atoms with van der Waals surface area (Å²) in [7, 11) is 1.57. The summed E-state index contributed by atoms with van der Waals surface area (Å²) < 4.78 is 17.5. The zero-order chi connectivity index (χ0) is 25.1. The Kier molecular flexibility index (Phi) is 6.73. The summed E-state index contributed by atoms with van der Waals surface area (Å²) in [6.45, 7) is 0.349. The van der Waals surface area contributed by atoms with Gasteiger partial charge in [-0.3, -0.25) is 9.59 Å². The molecule has 0 N–H and O–H groups in total. The van der Waals surface area contributed by atoms with E-state index in [-0.39, 0.29) is 17.7 Å². The quantitative estimate of drug-likeness (QED) is 0.373. The van der Waals surface area contributed by atoms with E-state index in [9.17, 15) is 14.9 Å². The lowest BCUT2D eigenvalue weighted by Crippen LogP contribution is -2.23. The molecule has 6 heteroatoms. The van der Waals surface area contributed by atoms with Crippen LogP contribution >= 0.6 is 0 Å². The molecule has 2 aliphatic rings. The second-order valence-corrected chi connectivity index (χ2v) is 9.23. The van der Waals surface area contributed by atoms with E-state index < -0.39 is 11.8 Å². The molecule has 1 fully saturated rings. The predicted molar refractivity (Wildman–Crippen MR) is 134 cm³/mol. The van der Waals surface area contributed by atoms with Gasteiger partial charge in [0.15, 0.2) is 23.1 Å². The first kappa shape index (κ1) is 23.6. The molecule has 3 aromatic carbocycles. The first-order valence-electron chi connectivity index (χ1n) is 12.2. The van der Waals surface area contributed by atoms with Crippen molar-refractivity contribution in [1.29, 1.82) is 5.26 Å². The van der Waals surface area contributed by atoms with Crippen molar-refractivity contribution in [3.05, 3.63) is 89.0 Å². The molecule has 1 saturated carbocycles. The molecule has 0 aliphatic heterocycles. The maximum atomic E-state index is 13.4. The van der Waals surface area contributed by atoms with Gasteiger partial charge in [-0.25, -0.2) is 0 Å². The molecule has 0 bridgehead atoms. The molecule has 3 aromatic rings. The van der Waals surface area contributed by atoms with Gasteiger partial charge in [-0.2, -0.15) is 5.26 Å². The van der Waals surface area contributed by atoms with Crippen LogP contribution in [0.5, 0.6) is 17.2 Å². The van der Waals surface area contributed by atoms with Crippen LogP contribution in [0.2, 0.25) is 0 Å². The normalized spacial score (nSPS) is 17.9. The van der Waals surface area contributed by atoms with E-state index in [1.54, 1.807) is 43.5 Å². The number of nitriles is 1. The average Bonchev–Trinajstić information content (AvgIpc) is 3.51. The Morgan fingerprint density at radius 3 is 2.39 bits per heavy atom. The average molecular weight is 482 g/mol. The smallest absolute Gasteiger partial charge is 0.176 e. The van der Waals surface area contributed by atoms with Crippen molar-refractivity contribution in [3.8, 4) is 23.3 Å². The van der Waals surface area contributed by atoms with E-state index in [0.717, 1.165) is 31.2 Å². The van der Waals surface area contributed by atoms with Gasteiger partial charge >= 0.3 is 0 Å². The van der Waals surface area contributed by atoms with Crippen LogP contribution in [0.15, 0.2) is 66.7 Å². The summed E-state index contributed by atoms with van der Waals surface area (Å²) in [6.07, 6.45) is 4.28. The molecule has 2 atom stereocenters. The van der Waals surface area contributed by atoms with Crippen LogP contribution in [-0.4, -0.2) is 24.8 Å². The van der Waals surface area contributed by atoms with Gasteiger partial charge in [-0.1, -0.05) is 36.4 Å². The fourth-order valence-electron chi connectivity index (χ4n) is 5.04. The summed E-state index contributed by atoms with van der Waals surface area (Å²) in [5.74, 6) is -1.15. The second kappa shape index (κ2) is 10.2. The van der Waals surface area contributed by atoms with Gasteiger partial charge < -0.3 is 14.2 Å². The lowest BCUT2D eigenvalue weighted by Gasteiger charge is -2.19. The number of methoxy groups -OCH3 is 1. The minimum atomic E-state index is -1.11. The van der Waals surface area contributed by atoms with Crippen LogP contribution in [0.25, 0.3) is 0 Å². The lowest BCUT2D eigenvalue weighted by molar-refractivity contribution is 0.0828. The molecule has 5 rings (SSSR count). The number of hydrogen-bond donors (Lipinski definition) is 0. The molecule has 0 saturated heterocycles. The number of ether oxygens (including phenoxy) is 3. The molecular formula is C30H27NO5. The molecule has 0 aromatic heterocycles. The van der Waals surface area contributed by atoms with E-state index in [2.05, 4.69) is 6.07 Å². The Morgan fingerprint density at radius 1 is 0.917 bits per heavy atom. The van der Waals surface area contributed by atoms with Crippen LogP contribution < -0.4 is 14.2 Å². The highest BCUT2D eigenvalue weighted by Crippen LogP contribution is 2.41. The summed E-state index contributed by atoms with van der Waals surface area (Å²) in [6, 6.07) is 22.0. The van der Waals surface area contributed by atoms with E-state index in [4.69, 9.17) is 14.2 Å². The predicted octanol–water partition coefficient (Wildman–Crippen LogP) is 5.90. The molecule has 2 aliphatic carbocycles. The van der Waals surface area contributed by atoms with Gasteiger partial charge in [0, 0.05) is 11.1 Å². The van der Waals surface area contributed by atoms with Crippen molar-refractivity contribution < 1.29 is 23.8 Å². The molecule has 0 heterocycles. The Labute approximate surface area is 210 Å². The number of carbonyl (C=O) groups is 2. The Balaban J connectivity index is 1.39. The van der Waals surface area contributed by atoms with Gasteiger partial charge in [0.05, 0.1) is 25.2 Å². The third-order valence-corrected chi connectivity index (χ3v) is 6.95. The Morgan fingerprint density at radius 2 is 1.67 bits per heavy atom. The lowest BCUT2D eigenvalue weighted by atomic mass is 9.83. The Hall–Kier alpha value is -4.11. The number of hydrogen-bond acceptors (Lipinski definition) is 6. The summed E-state index contributed by atoms with van der Waals surface area (Å²) >= 11 is 0. The molecule has 0 amide bonds. The van der Waals surface area contributed by atoms with Crippen molar-refractivity contribution in [1.82, 2.24) is 0 Å². The van der Waals surface area contributed by atoms with Gasteiger partial charge in [-0.15, -0.1) is 0 Å². The highest BCUT2D eigenvalue weighted by atomic mass is 16.5. The first-order chi connectivity index (χ1) is 17.6. The molecule has 2 unspecified atom stereocenters. The maximum Gasteiger partial charge on any atom is 0.176 e. The third-order valence-electron chi connectivity index (χ3n) is 6.95. The first-order valence-corrected chi connectivity index (χ1v) is 12.2. The number of benzene rings is 3. The number of Topliss-reactive ketones (excluding diaryl/α,β-unsaturated/α-hetero) is 2. The monoisotopic (exact) mass is 481 g/mol. The van der Waals surface area contributed by atoms with Crippen molar-refractivity contribution in [2.75, 3.05) is 7.11 Å². The summed E-state index contributed by atoms with van der Waals surface area (Å²) in [5, 5.41) is 10.1. The molecule has 182 valence electrons. The van der Waals surface area contributed by atoms with Crippen molar-refractivity contribution in [3.63, 3.8) is 0 Å². The van der Waals surface area contributed by atoms with Crippen LogP contribution in [-0.2, 0) is 6.61 Å². The van der Waals surface area contributed by atoms with Gasteiger partial charge in [0.2, 0.25) is 0 Å². The minimum Gasteiger partial charge on any atom is -0.493 e. The largest absolute Gasteiger partial charge is 0.493 e. The van der Waals surface area contributed by atoms with Crippen molar-refractivity contribution >= 4 is 11.6 Å². The van der Waals surface area contributed by atoms with Crippen LogP contribution in [0, 0.1) is 17.2 Å². The van der Waals surface area contributed by atoms with Crippen LogP contribution in [0.1, 0.15) is 63.4 Å². The molecule has 0 radical (unpaired) electrons. The summed E-state index contributed by atoms with van der Waals surface area (Å²) in [5.41, 5.74) is 2.18. The number of carbonyl (C=O) groups excluding carboxylic acids is 2. The molecule has 0 spiro atoms. The number of rotatable bonds is 8. The molecular weight excluding hydrogens is 454 g/mol. The van der Waals surface area contributed by atoms with Crippen LogP contribution in [0.4, 0.5) is 0 Å². The van der Waals surface area contributed by atoms with E-state index in [1.165, 1.54) is 0 Å². The van der Waals surface area contributed by atoms with Crippen molar-refractivity contribution in [2.45, 2.75) is 44.3 Å². The third kappa shape index (κ3) is 4.57. The van der Waals surface area contributed by atoms with E-state index in [1.807, 2.05) is 30.3 Å². The maximum absolute atomic E-state index is 13.4. The topological polar surface area (TPSA) is 85.6 Å². The molecule has 6 nitrogen and oxygen atoms in total.